The average molecular weight is 541 g/mol. The van der Waals surface area contributed by atoms with Crippen LogP contribution in [0.3, 0.4) is 0 Å². The molecule has 0 atom stereocenters. The Morgan fingerprint density at radius 1 is 0.900 bits per heavy atom. The Balaban J connectivity index is 1.45. The van der Waals surface area contributed by atoms with Crippen molar-refractivity contribution in [2.45, 2.75) is 13.2 Å². The lowest BCUT2D eigenvalue weighted by Crippen LogP contribution is -2.37. The van der Waals surface area contributed by atoms with Gasteiger partial charge in [-0.25, -0.2) is 9.18 Å². The Labute approximate surface area is 232 Å². The summed E-state index contributed by atoms with van der Waals surface area (Å²) in [4.78, 5) is 29.6. The molecule has 1 amide bonds. The van der Waals surface area contributed by atoms with Gasteiger partial charge in [0.25, 0.3) is 5.91 Å². The molecule has 4 aromatic rings. The number of hydrogen-bond donors (Lipinski definition) is 1. The van der Waals surface area contributed by atoms with E-state index in [2.05, 4.69) is 0 Å². The number of carboxylic acid groups (broad SMARTS) is 1. The lowest BCUT2D eigenvalue weighted by Gasteiger charge is -2.31. The minimum atomic E-state index is -1.07. The van der Waals surface area contributed by atoms with E-state index < -0.39 is 5.97 Å². The van der Waals surface area contributed by atoms with Gasteiger partial charge in [-0.3, -0.25) is 4.79 Å². The summed E-state index contributed by atoms with van der Waals surface area (Å²) in [5.41, 5.74) is 2.85. The van der Waals surface area contributed by atoms with Crippen LogP contribution in [0.1, 0.15) is 31.8 Å². The topological polar surface area (TPSA) is 79.3 Å². The largest absolute Gasteiger partial charge is 0.489 e. The number of halogens is 1. The molecule has 1 N–H and O–H groups in total. The van der Waals surface area contributed by atoms with Gasteiger partial charge in [0.05, 0.1) is 31.0 Å². The Kier molecular flexibility index (Phi) is 8.37. The number of anilines is 2. The van der Waals surface area contributed by atoms with Crippen LogP contribution in [0.5, 0.6) is 5.75 Å². The van der Waals surface area contributed by atoms with Gasteiger partial charge in [-0.05, 0) is 54.1 Å². The molecule has 0 aromatic heterocycles. The number of ether oxygens (including phenoxy) is 2. The second kappa shape index (κ2) is 12.4. The summed E-state index contributed by atoms with van der Waals surface area (Å²) in [6.45, 7) is 2.45. The smallest absolute Gasteiger partial charge is 0.337 e. The van der Waals surface area contributed by atoms with Crippen molar-refractivity contribution in [2.75, 3.05) is 36.1 Å². The summed E-state index contributed by atoms with van der Waals surface area (Å²) in [6.07, 6.45) is 0. The zero-order chi connectivity index (χ0) is 27.9. The van der Waals surface area contributed by atoms with Gasteiger partial charge < -0.3 is 24.4 Å². The van der Waals surface area contributed by atoms with Gasteiger partial charge in [0.1, 0.15) is 18.2 Å². The predicted octanol–water partition coefficient (Wildman–Crippen LogP) is 5.79. The fourth-order valence-corrected chi connectivity index (χ4v) is 4.65. The molecule has 0 aliphatic carbocycles. The molecule has 7 nitrogen and oxygen atoms in total. The van der Waals surface area contributed by atoms with Crippen LogP contribution in [0.4, 0.5) is 15.8 Å². The molecule has 0 radical (unpaired) electrons. The van der Waals surface area contributed by atoms with Crippen LogP contribution in [0.25, 0.3) is 0 Å². The first-order valence-corrected chi connectivity index (χ1v) is 13.0. The maximum Gasteiger partial charge on any atom is 0.337 e. The molecule has 1 aliphatic rings. The van der Waals surface area contributed by atoms with E-state index in [1.165, 1.54) is 6.07 Å². The third-order valence-electron chi connectivity index (χ3n) is 6.73. The van der Waals surface area contributed by atoms with Gasteiger partial charge in [0.2, 0.25) is 0 Å². The Bertz CT molecular complexity index is 1490. The van der Waals surface area contributed by atoms with Gasteiger partial charge in [-0.2, -0.15) is 0 Å². The van der Waals surface area contributed by atoms with Crippen LogP contribution in [-0.4, -0.2) is 43.3 Å². The van der Waals surface area contributed by atoms with E-state index in [0.717, 1.165) is 5.56 Å². The van der Waals surface area contributed by atoms with E-state index in [1.54, 1.807) is 83.8 Å². The molecular formula is C32H29FN2O5. The second-order valence-corrected chi connectivity index (χ2v) is 9.39. The summed E-state index contributed by atoms with van der Waals surface area (Å²) < 4.78 is 25.3. The zero-order valence-corrected chi connectivity index (χ0v) is 21.8. The van der Waals surface area contributed by atoms with Crippen molar-refractivity contribution in [1.29, 1.82) is 0 Å². The van der Waals surface area contributed by atoms with Gasteiger partial charge >= 0.3 is 5.97 Å². The predicted molar refractivity (Wildman–Crippen MR) is 151 cm³/mol. The Hall–Kier alpha value is -4.69. The maximum absolute atomic E-state index is 14.0. The van der Waals surface area contributed by atoms with Crippen LogP contribution in [0, 0.1) is 5.82 Å². The molecule has 1 fully saturated rings. The molecule has 0 bridgehead atoms. The SMILES string of the molecule is O=C(O)c1cc(N(Cc2cccc(OCc3ccccc3F)c2)C(=O)c2ccccc2)ccc1N1CCOCC1. The molecule has 1 saturated heterocycles. The fraction of sp³-hybridized carbons (Fsp3) is 0.188. The molecule has 5 rings (SSSR count). The van der Waals surface area contributed by atoms with Crippen LogP contribution in [0.15, 0.2) is 97.1 Å². The van der Waals surface area contributed by atoms with Crippen molar-refractivity contribution in [3.8, 4) is 5.75 Å². The molecule has 8 heteroatoms. The quantitative estimate of drug-likeness (QED) is 0.290. The highest BCUT2D eigenvalue weighted by atomic mass is 19.1. The first-order chi connectivity index (χ1) is 19.5. The van der Waals surface area contributed by atoms with Crippen molar-refractivity contribution >= 4 is 23.3 Å². The van der Waals surface area contributed by atoms with Gasteiger partial charge in [0, 0.05) is 29.9 Å². The van der Waals surface area contributed by atoms with Crippen LogP contribution < -0.4 is 14.5 Å². The fourth-order valence-electron chi connectivity index (χ4n) is 4.65. The van der Waals surface area contributed by atoms with E-state index in [0.29, 0.717) is 54.6 Å². The maximum atomic E-state index is 14.0. The summed E-state index contributed by atoms with van der Waals surface area (Å²) in [5.74, 6) is -1.15. The summed E-state index contributed by atoms with van der Waals surface area (Å²) >= 11 is 0. The van der Waals surface area contributed by atoms with Gasteiger partial charge in [0.15, 0.2) is 0 Å². The number of morpholine rings is 1. The Morgan fingerprint density at radius 2 is 1.65 bits per heavy atom. The van der Waals surface area contributed by atoms with Crippen LogP contribution in [-0.2, 0) is 17.9 Å². The molecule has 204 valence electrons. The van der Waals surface area contributed by atoms with Crippen LogP contribution >= 0.6 is 0 Å². The number of amides is 1. The minimum absolute atomic E-state index is 0.0633. The van der Waals surface area contributed by atoms with Crippen LogP contribution in [0.2, 0.25) is 0 Å². The standard InChI is InChI=1S/C32H29FN2O5/c33-29-12-5-4-10-25(29)22-40-27-11-6-7-23(19-27)21-35(31(36)24-8-2-1-3-9-24)26-13-14-30(28(20-26)32(37)38)34-15-17-39-18-16-34/h1-14,19-20H,15-18,21-22H2,(H,37,38). The highest BCUT2D eigenvalue weighted by Gasteiger charge is 2.24. The van der Waals surface area contributed by atoms with E-state index >= 15 is 0 Å². The zero-order valence-electron chi connectivity index (χ0n) is 21.8. The number of carbonyl (C=O) groups excluding carboxylic acids is 1. The van der Waals surface area contributed by atoms with Crippen molar-refractivity contribution in [1.82, 2.24) is 0 Å². The normalized spacial score (nSPS) is 13.1. The molecular weight excluding hydrogens is 511 g/mol. The molecule has 4 aromatic carbocycles. The van der Waals surface area contributed by atoms with Gasteiger partial charge in [-0.1, -0.05) is 48.5 Å². The number of nitrogens with zero attached hydrogens (tertiary/aromatic N) is 2. The lowest BCUT2D eigenvalue weighted by molar-refractivity contribution is 0.0695. The molecule has 0 saturated carbocycles. The lowest BCUT2D eigenvalue weighted by atomic mass is 10.1. The van der Waals surface area contributed by atoms with Crippen molar-refractivity contribution in [3.63, 3.8) is 0 Å². The summed E-state index contributed by atoms with van der Waals surface area (Å²) in [6, 6.07) is 27.6. The third-order valence-corrected chi connectivity index (χ3v) is 6.73. The van der Waals surface area contributed by atoms with Crippen molar-refractivity contribution < 1.29 is 28.6 Å². The second-order valence-electron chi connectivity index (χ2n) is 9.39. The summed E-state index contributed by atoms with van der Waals surface area (Å²) in [7, 11) is 0. The highest BCUT2D eigenvalue weighted by molar-refractivity contribution is 6.07. The van der Waals surface area contributed by atoms with E-state index in [9.17, 15) is 19.1 Å². The molecule has 0 spiro atoms. The summed E-state index contributed by atoms with van der Waals surface area (Å²) in [5, 5.41) is 10.1. The molecule has 0 unspecified atom stereocenters. The van der Waals surface area contributed by atoms with E-state index in [1.807, 2.05) is 17.0 Å². The van der Waals surface area contributed by atoms with Gasteiger partial charge in [-0.15, -0.1) is 0 Å². The number of aromatic carboxylic acids is 1. The number of carbonyl (C=O) groups is 2. The first kappa shape index (κ1) is 26.9. The monoisotopic (exact) mass is 540 g/mol. The van der Waals surface area contributed by atoms with Crippen molar-refractivity contribution in [3.05, 3.63) is 125 Å². The average Bonchev–Trinajstić information content (AvgIpc) is 3.00. The molecule has 1 aliphatic heterocycles. The molecule has 1 heterocycles. The number of hydrogen-bond acceptors (Lipinski definition) is 5. The Morgan fingerprint density at radius 3 is 2.40 bits per heavy atom. The van der Waals surface area contributed by atoms with Crippen molar-refractivity contribution in [2.24, 2.45) is 0 Å². The molecule has 40 heavy (non-hydrogen) atoms. The van der Waals surface area contributed by atoms with E-state index in [-0.39, 0.29) is 30.4 Å². The number of rotatable bonds is 9. The number of carboxylic acids is 1. The third kappa shape index (κ3) is 6.30. The highest BCUT2D eigenvalue weighted by Crippen LogP contribution is 2.30. The minimum Gasteiger partial charge on any atom is -0.489 e. The van der Waals surface area contributed by atoms with E-state index in [4.69, 9.17) is 9.47 Å². The first-order valence-electron chi connectivity index (χ1n) is 13.0. The number of benzene rings is 4.